The minimum Gasteiger partial charge on any atom is -0.360 e. The van der Waals surface area contributed by atoms with Gasteiger partial charge in [0, 0.05) is 22.7 Å². The molecule has 0 saturated heterocycles. The Morgan fingerprint density at radius 1 is 1.12 bits per heavy atom. The minimum absolute atomic E-state index is 0.0938. The Hall–Kier alpha value is -1.57. The van der Waals surface area contributed by atoms with Crippen LogP contribution >= 0.6 is 10.2 Å². The number of hydrogen-bond donors (Lipinski definition) is 1. The van der Waals surface area contributed by atoms with E-state index in [1.165, 1.54) is 0 Å². The van der Waals surface area contributed by atoms with E-state index in [-0.39, 0.29) is 22.5 Å². The number of halogens is 5. The SMILES string of the molecule is O=Cc1c[nH]c2ccc(S(F)(F)(F)(F)F)cc12. The Labute approximate surface area is 92.1 Å². The van der Waals surface area contributed by atoms with Gasteiger partial charge in [0.2, 0.25) is 0 Å². The van der Waals surface area contributed by atoms with Crippen molar-refractivity contribution in [3.8, 4) is 0 Å². The van der Waals surface area contributed by atoms with E-state index < -0.39 is 15.1 Å². The van der Waals surface area contributed by atoms with Crippen LogP contribution in [0.3, 0.4) is 0 Å². The normalized spacial score (nSPS) is 16.5. The van der Waals surface area contributed by atoms with Gasteiger partial charge in [0.15, 0.2) is 6.29 Å². The lowest BCUT2D eigenvalue weighted by Gasteiger charge is -2.40. The van der Waals surface area contributed by atoms with Gasteiger partial charge < -0.3 is 4.98 Å². The molecule has 0 aliphatic heterocycles. The van der Waals surface area contributed by atoms with Gasteiger partial charge in [-0.15, -0.1) is 0 Å². The molecule has 0 atom stereocenters. The molecule has 94 valence electrons. The van der Waals surface area contributed by atoms with E-state index >= 15 is 0 Å². The number of hydrogen-bond acceptors (Lipinski definition) is 1. The van der Waals surface area contributed by atoms with Crippen LogP contribution in [0.25, 0.3) is 10.9 Å². The lowest BCUT2D eigenvalue weighted by molar-refractivity contribution is 0.112. The lowest BCUT2D eigenvalue weighted by atomic mass is 10.2. The fraction of sp³-hybridized carbons (Fsp3) is 0. The quantitative estimate of drug-likeness (QED) is 0.626. The summed E-state index contributed by atoms with van der Waals surface area (Å²) in [6.07, 6.45) is 1.46. The lowest BCUT2D eigenvalue weighted by Crippen LogP contribution is -2.05. The van der Waals surface area contributed by atoms with Crippen LogP contribution < -0.4 is 0 Å². The molecule has 2 rings (SSSR count). The van der Waals surface area contributed by atoms with E-state index in [0.29, 0.717) is 12.4 Å². The van der Waals surface area contributed by atoms with Crippen LogP contribution in [0.4, 0.5) is 19.4 Å². The van der Waals surface area contributed by atoms with Gasteiger partial charge >= 0.3 is 10.2 Å². The molecule has 0 saturated carbocycles. The number of aldehydes is 1. The maximum atomic E-state index is 12.5. The molecule has 1 aromatic carbocycles. The summed E-state index contributed by atoms with van der Waals surface area (Å²) < 4.78 is 62.6. The van der Waals surface area contributed by atoms with Crippen molar-refractivity contribution in [1.82, 2.24) is 4.98 Å². The molecule has 0 aliphatic carbocycles. The summed E-state index contributed by atoms with van der Waals surface area (Å²) in [5, 5.41) is -0.175. The first kappa shape index (κ1) is 11.9. The molecule has 8 heteroatoms. The highest BCUT2D eigenvalue weighted by Gasteiger charge is 2.65. The summed E-state index contributed by atoms with van der Waals surface area (Å²) in [4.78, 5) is 11.0. The van der Waals surface area contributed by atoms with Crippen LogP contribution in [0, 0.1) is 0 Å². The summed E-state index contributed by atoms with van der Waals surface area (Å²) in [6, 6.07) is 1.46. The maximum absolute atomic E-state index is 12.5. The van der Waals surface area contributed by atoms with E-state index in [1.54, 1.807) is 0 Å². The number of aromatic amines is 1. The highest BCUT2D eigenvalue weighted by Crippen LogP contribution is 3.02. The van der Waals surface area contributed by atoms with Crippen molar-refractivity contribution >= 4 is 27.4 Å². The van der Waals surface area contributed by atoms with E-state index in [2.05, 4.69) is 4.98 Å². The zero-order chi connectivity index (χ0) is 13.0. The third kappa shape index (κ3) is 2.12. The zero-order valence-corrected chi connectivity index (χ0v) is 8.91. The van der Waals surface area contributed by atoms with Crippen molar-refractivity contribution in [2.24, 2.45) is 0 Å². The first-order chi connectivity index (χ1) is 7.51. The molecule has 0 bridgehead atoms. The van der Waals surface area contributed by atoms with Crippen LogP contribution in [-0.2, 0) is 0 Å². The van der Waals surface area contributed by atoms with Gasteiger partial charge in [-0.3, -0.25) is 4.79 Å². The molecule has 0 unspecified atom stereocenters. The molecule has 17 heavy (non-hydrogen) atoms. The van der Waals surface area contributed by atoms with Gasteiger partial charge in [0.25, 0.3) is 0 Å². The smallest absolute Gasteiger partial charge is 0.310 e. The summed E-state index contributed by atoms with van der Waals surface area (Å²) in [5.41, 5.74) is 0.0985. The first-order valence-electron chi connectivity index (χ1n) is 4.32. The van der Waals surface area contributed by atoms with E-state index in [4.69, 9.17) is 0 Å². The number of fused-ring (bicyclic) bond motifs is 1. The number of carbonyl (C=O) groups is 1. The second kappa shape index (κ2) is 2.63. The van der Waals surface area contributed by atoms with Crippen molar-refractivity contribution in [2.45, 2.75) is 4.90 Å². The van der Waals surface area contributed by atoms with E-state index in [0.717, 1.165) is 12.3 Å². The van der Waals surface area contributed by atoms with Crippen molar-refractivity contribution in [3.63, 3.8) is 0 Å². The molecule has 0 radical (unpaired) electrons. The second-order valence-corrected chi connectivity index (χ2v) is 5.95. The fourth-order valence-electron chi connectivity index (χ4n) is 1.46. The van der Waals surface area contributed by atoms with Gasteiger partial charge in [-0.2, -0.15) is 0 Å². The monoisotopic (exact) mass is 271 g/mol. The Kier molecular flexibility index (Phi) is 1.84. The summed E-state index contributed by atoms with van der Waals surface area (Å²) in [6.45, 7) is 0. The Bertz CT molecular complexity index is 615. The molecule has 1 N–H and O–H groups in total. The topological polar surface area (TPSA) is 32.9 Å². The Morgan fingerprint density at radius 3 is 2.29 bits per heavy atom. The first-order valence-corrected chi connectivity index (χ1v) is 6.27. The van der Waals surface area contributed by atoms with E-state index in [9.17, 15) is 24.2 Å². The summed E-state index contributed by atoms with van der Waals surface area (Å²) in [7, 11) is -9.69. The van der Waals surface area contributed by atoms with Gasteiger partial charge in [0.05, 0.1) is 0 Å². The molecular weight excluding hydrogens is 265 g/mol. The maximum Gasteiger partial charge on any atom is 0.310 e. The second-order valence-electron chi connectivity index (χ2n) is 3.54. The molecule has 1 aromatic heterocycles. The predicted octanol–water partition coefficient (Wildman–Crippen LogP) is 4.64. The van der Waals surface area contributed by atoms with Crippen molar-refractivity contribution in [2.75, 3.05) is 0 Å². The van der Waals surface area contributed by atoms with Crippen LogP contribution in [0.2, 0.25) is 0 Å². The van der Waals surface area contributed by atoms with Crippen molar-refractivity contribution in [3.05, 3.63) is 30.0 Å². The average Bonchev–Trinajstić information content (AvgIpc) is 2.55. The number of aromatic nitrogens is 1. The number of H-pyrrole nitrogens is 1. The number of rotatable bonds is 2. The molecule has 0 aliphatic rings. The molecule has 0 spiro atoms. The Balaban J connectivity index is 2.79. The average molecular weight is 271 g/mol. The highest BCUT2D eigenvalue weighted by atomic mass is 32.5. The number of nitrogens with one attached hydrogen (secondary N) is 1. The third-order valence-corrected chi connectivity index (χ3v) is 3.40. The van der Waals surface area contributed by atoms with E-state index in [1.807, 2.05) is 0 Å². The number of carbonyl (C=O) groups excluding carboxylic acids is 1. The zero-order valence-electron chi connectivity index (χ0n) is 8.09. The minimum atomic E-state index is -9.69. The van der Waals surface area contributed by atoms with Crippen LogP contribution in [0.15, 0.2) is 29.3 Å². The van der Waals surface area contributed by atoms with Crippen LogP contribution in [-0.4, -0.2) is 11.3 Å². The standard InChI is InChI=1S/C9H6F5NOS/c10-17(11,12,13,14)7-1-2-9-8(3-7)6(5-16)4-15-9/h1-5,15H. The number of benzene rings is 1. The van der Waals surface area contributed by atoms with Crippen molar-refractivity contribution < 1.29 is 24.2 Å². The molecule has 2 nitrogen and oxygen atoms in total. The van der Waals surface area contributed by atoms with Gasteiger partial charge in [-0.25, -0.2) is 0 Å². The fourth-order valence-corrected chi connectivity index (χ4v) is 2.12. The van der Waals surface area contributed by atoms with Crippen molar-refractivity contribution in [1.29, 1.82) is 0 Å². The summed E-state index contributed by atoms with van der Waals surface area (Å²) >= 11 is 0. The molecule has 2 aromatic rings. The van der Waals surface area contributed by atoms with Crippen LogP contribution in [0.1, 0.15) is 10.4 Å². The Morgan fingerprint density at radius 2 is 1.76 bits per heavy atom. The predicted molar refractivity (Wildman–Crippen MR) is 55.1 cm³/mol. The highest BCUT2D eigenvalue weighted by molar-refractivity contribution is 8.45. The van der Waals surface area contributed by atoms with Gasteiger partial charge in [-0.1, -0.05) is 19.4 Å². The molecule has 0 fully saturated rings. The van der Waals surface area contributed by atoms with Crippen LogP contribution in [0.5, 0.6) is 0 Å². The largest absolute Gasteiger partial charge is 0.360 e. The molecule has 1 heterocycles. The third-order valence-electron chi connectivity index (χ3n) is 2.26. The van der Waals surface area contributed by atoms with Gasteiger partial charge in [0.1, 0.15) is 4.90 Å². The molecule has 0 amide bonds. The van der Waals surface area contributed by atoms with Gasteiger partial charge in [-0.05, 0) is 18.2 Å². The molecular formula is C9H6F5NOS. The summed E-state index contributed by atoms with van der Waals surface area (Å²) in [5.74, 6) is 0.